The molecule has 0 unspecified atom stereocenters. The Bertz CT molecular complexity index is 424. The van der Waals surface area contributed by atoms with Crippen LogP contribution in [-0.4, -0.2) is 72.4 Å². The molecule has 0 atom stereocenters. The van der Waals surface area contributed by atoms with Crippen LogP contribution < -0.4 is 0 Å². The first-order chi connectivity index (χ1) is 9.04. The van der Waals surface area contributed by atoms with Gasteiger partial charge in [-0.15, -0.1) is 11.3 Å². The van der Waals surface area contributed by atoms with Crippen molar-refractivity contribution in [2.45, 2.75) is 13.5 Å². The maximum atomic E-state index is 11.6. The summed E-state index contributed by atoms with van der Waals surface area (Å²) in [6.07, 6.45) is 0. The molecule has 1 aromatic rings. The minimum atomic E-state index is 0.184. The number of carbonyl (C=O) groups is 1. The SMILES string of the molecule is Cc1nc(CN2CCN(CC(=O)N(C)C)CC2)cs1. The number of nitrogens with zero attached hydrogens (tertiary/aromatic N) is 4. The molecule has 1 aromatic heterocycles. The van der Waals surface area contributed by atoms with E-state index < -0.39 is 0 Å². The summed E-state index contributed by atoms with van der Waals surface area (Å²) in [5.74, 6) is 0.184. The summed E-state index contributed by atoms with van der Waals surface area (Å²) in [5.41, 5.74) is 1.17. The second kappa shape index (κ2) is 6.45. The van der Waals surface area contributed by atoms with Gasteiger partial charge in [0.15, 0.2) is 0 Å². The number of thiazole rings is 1. The van der Waals surface area contributed by atoms with Gasteiger partial charge in [-0.1, -0.05) is 0 Å². The van der Waals surface area contributed by atoms with E-state index in [1.165, 1.54) is 5.69 Å². The van der Waals surface area contributed by atoms with E-state index in [1.54, 1.807) is 16.2 Å². The lowest BCUT2D eigenvalue weighted by molar-refractivity contribution is -0.130. The topological polar surface area (TPSA) is 39.7 Å². The van der Waals surface area contributed by atoms with Gasteiger partial charge >= 0.3 is 0 Å². The zero-order chi connectivity index (χ0) is 13.8. The summed E-state index contributed by atoms with van der Waals surface area (Å²) >= 11 is 1.71. The summed E-state index contributed by atoms with van der Waals surface area (Å²) in [5, 5.41) is 3.27. The highest BCUT2D eigenvalue weighted by atomic mass is 32.1. The van der Waals surface area contributed by atoms with Gasteiger partial charge in [0.2, 0.25) is 5.91 Å². The second-order valence-corrected chi connectivity index (χ2v) is 6.26. The van der Waals surface area contributed by atoms with Crippen LogP contribution in [0.4, 0.5) is 0 Å². The molecule has 0 aliphatic carbocycles. The molecule has 2 rings (SSSR count). The molecule has 5 nitrogen and oxygen atoms in total. The van der Waals surface area contributed by atoms with Crippen molar-refractivity contribution in [3.63, 3.8) is 0 Å². The Morgan fingerprint density at radius 2 is 1.95 bits per heavy atom. The largest absolute Gasteiger partial charge is 0.348 e. The van der Waals surface area contributed by atoms with Crippen molar-refractivity contribution in [1.82, 2.24) is 19.7 Å². The third-order valence-corrected chi connectivity index (χ3v) is 4.20. The van der Waals surface area contributed by atoms with Gasteiger partial charge in [-0.3, -0.25) is 14.6 Å². The molecule has 1 saturated heterocycles. The normalized spacial score (nSPS) is 17.6. The predicted octanol–water partition coefficient (Wildman–Crippen LogP) is 0.657. The summed E-state index contributed by atoms with van der Waals surface area (Å²) in [7, 11) is 3.62. The molecule has 1 aliphatic heterocycles. The minimum Gasteiger partial charge on any atom is -0.348 e. The first-order valence-electron chi connectivity index (χ1n) is 6.60. The first kappa shape index (κ1) is 14.4. The highest BCUT2D eigenvalue weighted by Crippen LogP contribution is 2.12. The Labute approximate surface area is 118 Å². The van der Waals surface area contributed by atoms with E-state index in [0.29, 0.717) is 6.54 Å². The molecule has 1 fully saturated rings. The van der Waals surface area contributed by atoms with Gasteiger partial charge in [0.25, 0.3) is 0 Å². The van der Waals surface area contributed by atoms with Crippen molar-refractivity contribution in [2.75, 3.05) is 46.8 Å². The fraction of sp³-hybridized carbons (Fsp3) is 0.692. The molecule has 1 amide bonds. The van der Waals surface area contributed by atoms with Crippen LogP contribution >= 0.6 is 11.3 Å². The molecular formula is C13H22N4OS. The highest BCUT2D eigenvalue weighted by molar-refractivity contribution is 7.09. The lowest BCUT2D eigenvalue weighted by Gasteiger charge is -2.34. The van der Waals surface area contributed by atoms with Gasteiger partial charge in [-0.2, -0.15) is 0 Å². The number of aryl methyl sites for hydroxylation is 1. The summed E-state index contributed by atoms with van der Waals surface area (Å²) in [4.78, 5) is 22.4. The summed E-state index contributed by atoms with van der Waals surface area (Å²) < 4.78 is 0. The molecule has 106 valence electrons. The van der Waals surface area contributed by atoms with Crippen LogP contribution in [0.15, 0.2) is 5.38 Å². The van der Waals surface area contributed by atoms with Gasteiger partial charge in [-0.25, -0.2) is 4.98 Å². The van der Waals surface area contributed by atoms with E-state index in [9.17, 15) is 4.79 Å². The zero-order valence-electron chi connectivity index (χ0n) is 11.9. The van der Waals surface area contributed by atoms with Crippen molar-refractivity contribution >= 4 is 17.2 Å². The van der Waals surface area contributed by atoms with Crippen LogP contribution in [0.2, 0.25) is 0 Å². The number of piperazine rings is 1. The standard InChI is InChI=1S/C13H22N4OS/c1-11-14-12(10-19-11)8-16-4-6-17(7-5-16)9-13(18)15(2)3/h10H,4-9H2,1-3H3. The van der Waals surface area contributed by atoms with Crippen molar-refractivity contribution < 1.29 is 4.79 Å². The number of hydrogen-bond donors (Lipinski definition) is 0. The molecule has 0 bridgehead atoms. The van der Waals surface area contributed by atoms with E-state index in [1.807, 2.05) is 21.0 Å². The third kappa shape index (κ3) is 4.26. The van der Waals surface area contributed by atoms with Gasteiger partial charge in [0.1, 0.15) is 0 Å². The molecule has 0 saturated carbocycles. The third-order valence-electron chi connectivity index (χ3n) is 3.37. The Hall–Kier alpha value is -0.980. The quantitative estimate of drug-likeness (QED) is 0.813. The molecule has 6 heteroatoms. The van der Waals surface area contributed by atoms with Gasteiger partial charge in [0, 0.05) is 52.2 Å². The van der Waals surface area contributed by atoms with Crippen LogP contribution in [0.5, 0.6) is 0 Å². The van der Waals surface area contributed by atoms with Gasteiger partial charge in [-0.05, 0) is 6.92 Å². The van der Waals surface area contributed by atoms with E-state index >= 15 is 0 Å². The molecular weight excluding hydrogens is 260 g/mol. The van der Waals surface area contributed by atoms with E-state index in [0.717, 1.165) is 37.7 Å². The summed E-state index contributed by atoms with van der Waals surface area (Å²) in [6, 6.07) is 0. The monoisotopic (exact) mass is 282 g/mol. The van der Waals surface area contributed by atoms with Gasteiger partial charge in [0.05, 0.1) is 17.2 Å². The number of aromatic nitrogens is 1. The van der Waals surface area contributed by atoms with Crippen molar-refractivity contribution in [3.05, 3.63) is 16.1 Å². The Morgan fingerprint density at radius 1 is 1.32 bits per heavy atom. The average Bonchev–Trinajstić information content (AvgIpc) is 2.77. The van der Waals surface area contributed by atoms with Crippen LogP contribution in [0.3, 0.4) is 0 Å². The lowest BCUT2D eigenvalue weighted by Crippen LogP contribution is -2.48. The van der Waals surface area contributed by atoms with E-state index in [2.05, 4.69) is 20.2 Å². The molecule has 0 N–H and O–H groups in total. The predicted molar refractivity (Wildman–Crippen MR) is 77.3 cm³/mol. The zero-order valence-corrected chi connectivity index (χ0v) is 12.7. The second-order valence-electron chi connectivity index (χ2n) is 5.20. The maximum Gasteiger partial charge on any atom is 0.236 e. The van der Waals surface area contributed by atoms with Crippen molar-refractivity contribution in [3.8, 4) is 0 Å². The number of amides is 1. The molecule has 0 radical (unpaired) electrons. The van der Waals surface area contributed by atoms with Crippen molar-refractivity contribution in [2.24, 2.45) is 0 Å². The van der Waals surface area contributed by atoms with Gasteiger partial charge < -0.3 is 4.90 Å². The summed E-state index contributed by atoms with van der Waals surface area (Å²) in [6.45, 7) is 7.45. The number of rotatable bonds is 4. The number of likely N-dealkylation sites (N-methyl/N-ethyl adjacent to an activating group) is 1. The highest BCUT2D eigenvalue weighted by Gasteiger charge is 2.20. The Morgan fingerprint density at radius 3 is 2.47 bits per heavy atom. The lowest BCUT2D eigenvalue weighted by atomic mass is 10.3. The molecule has 2 heterocycles. The maximum absolute atomic E-state index is 11.6. The van der Waals surface area contributed by atoms with Crippen LogP contribution in [0, 0.1) is 6.92 Å². The smallest absolute Gasteiger partial charge is 0.236 e. The molecule has 0 aromatic carbocycles. The molecule has 1 aliphatic rings. The van der Waals surface area contributed by atoms with E-state index in [4.69, 9.17) is 0 Å². The van der Waals surface area contributed by atoms with Crippen LogP contribution in [-0.2, 0) is 11.3 Å². The molecule has 0 spiro atoms. The van der Waals surface area contributed by atoms with Crippen LogP contribution in [0.25, 0.3) is 0 Å². The number of carbonyl (C=O) groups excluding carboxylic acids is 1. The van der Waals surface area contributed by atoms with Crippen LogP contribution in [0.1, 0.15) is 10.7 Å². The first-order valence-corrected chi connectivity index (χ1v) is 7.48. The Kier molecular flexibility index (Phi) is 4.90. The Balaban J connectivity index is 1.75. The van der Waals surface area contributed by atoms with E-state index in [-0.39, 0.29) is 5.91 Å². The fourth-order valence-corrected chi connectivity index (χ4v) is 2.75. The van der Waals surface area contributed by atoms with Crippen molar-refractivity contribution in [1.29, 1.82) is 0 Å². The molecule has 19 heavy (non-hydrogen) atoms. The fourth-order valence-electron chi connectivity index (χ4n) is 2.15. The number of hydrogen-bond acceptors (Lipinski definition) is 5. The average molecular weight is 282 g/mol. The minimum absolute atomic E-state index is 0.184.